The van der Waals surface area contributed by atoms with E-state index in [2.05, 4.69) is 5.32 Å². The van der Waals surface area contributed by atoms with E-state index in [9.17, 15) is 9.59 Å². The van der Waals surface area contributed by atoms with Gasteiger partial charge in [-0.15, -0.1) is 0 Å². The Balaban J connectivity index is 2.60. The number of rotatable bonds is 4. The lowest BCUT2D eigenvalue weighted by Crippen LogP contribution is -2.41. The molecule has 86 valence electrons. The van der Waals surface area contributed by atoms with Gasteiger partial charge in [-0.2, -0.15) is 0 Å². The predicted octanol–water partition coefficient (Wildman–Crippen LogP) is 1.07. The van der Waals surface area contributed by atoms with E-state index in [0.717, 1.165) is 0 Å². The van der Waals surface area contributed by atoms with Crippen molar-refractivity contribution in [3.63, 3.8) is 0 Å². The molecule has 0 radical (unpaired) electrons. The van der Waals surface area contributed by atoms with Gasteiger partial charge in [0.05, 0.1) is 6.61 Å². The largest absolute Gasteiger partial charge is 0.464 e. The van der Waals surface area contributed by atoms with Crippen LogP contribution >= 0.6 is 0 Å². The number of carbonyl (C=O) groups excluding carboxylic acids is 2. The van der Waals surface area contributed by atoms with E-state index >= 15 is 0 Å². The molecule has 15 heavy (non-hydrogen) atoms. The van der Waals surface area contributed by atoms with Gasteiger partial charge in [-0.25, -0.2) is 9.59 Å². The van der Waals surface area contributed by atoms with Crippen LogP contribution in [0.25, 0.3) is 0 Å². The van der Waals surface area contributed by atoms with Crippen LogP contribution in [0.15, 0.2) is 0 Å². The lowest BCUT2D eigenvalue weighted by atomic mass is 10.0. The smallest absolute Gasteiger partial charge is 0.408 e. The number of nitrogens with one attached hydrogen (secondary N) is 1. The zero-order chi connectivity index (χ0) is 11.4. The molecule has 5 nitrogen and oxygen atoms in total. The molecule has 0 saturated carbocycles. The number of cyclic esters (lactones) is 1. The van der Waals surface area contributed by atoms with Crippen LogP contribution in [-0.2, 0) is 14.3 Å². The molecule has 1 saturated heterocycles. The molecular formula is C10H17NO4. The Kier molecular flexibility index (Phi) is 3.94. The highest BCUT2D eigenvalue weighted by Gasteiger charge is 2.40. The number of ether oxygens (including phenoxy) is 2. The van der Waals surface area contributed by atoms with Crippen molar-refractivity contribution in [2.75, 3.05) is 6.61 Å². The highest BCUT2D eigenvalue weighted by molar-refractivity contribution is 5.84. The topological polar surface area (TPSA) is 64.6 Å². The molecule has 0 aromatic rings. The summed E-state index contributed by atoms with van der Waals surface area (Å²) in [7, 11) is 0. The van der Waals surface area contributed by atoms with Gasteiger partial charge in [0, 0.05) is 0 Å². The van der Waals surface area contributed by atoms with Crippen LogP contribution < -0.4 is 5.32 Å². The van der Waals surface area contributed by atoms with Crippen molar-refractivity contribution in [3.05, 3.63) is 0 Å². The molecule has 2 unspecified atom stereocenters. The first-order chi connectivity index (χ1) is 7.04. The number of amides is 1. The second-order valence-corrected chi connectivity index (χ2v) is 3.95. The lowest BCUT2D eigenvalue weighted by molar-refractivity contribution is -0.146. The summed E-state index contributed by atoms with van der Waals surface area (Å²) in [5, 5.41) is 2.46. The summed E-state index contributed by atoms with van der Waals surface area (Å²) in [6.07, 6.45) is -0.294. The van der Waals surface area contributed by atoms with Gasteiger partial charge in [0.1, 0.15) is 6.10 Å². The first kappa shape index (κ1) is 11.8. The first-order valence-electron chi connectivity index (χ1n) is 5.18. The van der Waals surface area contributed by atoms with Crippen molar-refractivity contribution in [2.45, 2.75) is 39.3 Å². The van der Waals surface area contributed by atoms with Crippen molar-refractivity contribution >= 4 is 12.1 Å². The quantitative estimate of drug-likeness (QED) is 0.712. The van der Waals surface area contributed by atoms with Crippen LogP contribution in [0.2, 0.25) is 0 Å². The second kappa shape index (κ2) is 5.00. The fourth-order valence-electron chi connectivity index (χ4n) is 1.55. The maximum Gasteiger partial charge on any atom is 0.408 e. The van der Waals surface area contributed by atoms with Crippen molar-refractivity contribution in [1.29, 1.82) is 0 Å². The SMILES string of the molecule is CCOC(=O)C1NC(=O)OC1CC(C)C. The number of hydrogen-bond acceptors (Lipinski definition) is 4. The normalized spacial score (nSPS) is 24.9. The van der Waals surface area contributed by atoms with E-state index in [0.29, 0.717) is 18.9 Å². The van der Waals surface area contributed by atoms with Gasteiger partial charge in [-0.1, -0.05) is 13.8 Å². The molecule has 1 fully saturated rings. The molecule has 2 atom stereocenters. The monoisotopic (exact) mass is 215 g/mol. The molecule has 1 rings (SSSR count). The Morgan fingerprint density at radius 1 is 1.60 bits per heavy atom. The van der Waals surface area contributed by atoms with Crippen LogP contribution in [0, 0.1) is 5.92 Å². The molecule has 0 spiro atoms. The van der Waals surface area contributed by atoms with Crippen molar-refractivity contribution in [3.8, 4) is 0 Å². The third-order valence-corrected chi connectivity index (χ3v) is 2.15. The third kappa shape index (κ3) is 3.11. The molecular weight excluding hydrogens is 198 g/mol. The summed E-state index contributed by atoms with van der Waals surface area (Å²) < 4.78 is 9.85. The average Bonchev–Trinajstić information content (AvgIpc) is 2.46. The fraction of sp³-hybridized carbons (Fsp3) is 0.800. The minimum absolute atomic E-state index is 0.305. The minimum Gasteiger partial charge on any atom is -0.464 e. The minimum atomic E-state index is -0.653. The summed E-state index contributed by atoms with van der Waals surface area (Å²) in [6, 6.07) is -0.653. The standard InChI is InChI=1S/C10H17NO4/c1-4-14-9(12)8-7(5-6(2)3)15-10(13)11-8/h6-8H,4-5H2,1-3H3,(H,11,13). The second-order valence-electron chi connectivity index (χ2n) is 3.95. The molecule has 1 heterocycles. The van der Waals surface area contributed by atoms with Crippen LogP contribution in [0.3, 0.4) is 0 Å². The fourth-order valence-corrected chi connectivity index (χ4v) is 1.55. The van der Waals surface area contributed by atoms with E-state index in [1.165, 1.54) is 0 Å². The van der Waals surface area contributed by atoms with Crippen molar-refractivity contribution < 1.29 is 19.1 Å². The maximum absolute atomic E-state index is 11.5. The average molecular weight is 215 g/mol. The van der Waals surface area contributed by atoms with Crippen molar-refractivity contribution in [2.24, 2.45) is 5.92 Å². The van der Waals surface area contributed by atoms with Gasteiger partial charge < -0.3 is 14.8 Å². The summed E-state index contributed by atoms with van der Waals surface area (Å²) in [6.45, 7) is 6.05. The number of hydrogen-bond donors (Lipinski definition) is 1. The molecule has 0 bridgehead atoms. The molecule has 1 aliphatic heterocycles. The molecule has 5 heteroatoms. The molecule has 0 aromatic heterocycles. The van der Waals surface area contributed by atoms with Gasteiger partial charge in [0.25, 0.3) is 0 Å². The van der Waals surface area contributed by atoms with E-state index in [4.69, 9.17) is 9.47 Å². The van der Waals surface area contributed by atoms with E-state index in [1.807, 2.05) is 13.8 Å². The van der Waals surface area contributed by atoms with Gasteiger partial charge in [0.2, 0.25) is 0 Å². The number of carbonyl (C=O) groups is 2. The van der Waals surface area contributed by atoms with Gasteiger partial charge >= 0.3 is 12.1 Å². The highest BCUT2D eigenvalue weighted by Crippen LogP contribution is 2.18. The Labute approximate surface area is 89.1 Å². The molecule has 0 aromatic carbocycles. The number of esters is 1. The van der Waals surface area contributed by atoms with Crippen LogP contribution in [0.1, 0.15) is 27.2 Å². The Bertz CT molecular complexity index is 252. The lowest BCUT2D eigenvalue weighted by Gasteiger charge is -2.16. The Hall–Kier alpha value is -1.26. The summed E-state index contributed by atoms with van der Waals surface area (Å²) >= 11 is 0. The van der Waals surface area contributed by atoms with Gasteiger partial charge in [-0.3, -0.25) is 0 Å². The molecule has 1 aliphatic rings. The van der Waals surface area contributed by atoms with Crippen molar-refractivity contribution in [1.82, 2.24) is 5.32 Å². The highest BCUT2D eigenvalue weighted by atomic mass is 16.6. The summed E-state index contributed by atoms with van der Waals surface area (Å²) in [4.78, 5) is 22.5. The zero-order valence-electron chi connectivity index (χ0n) is 9.28. The number of alkyl carbamates (subject to hydrolysis) is 1. The predicted molar refractivity (Wildman–Crippen MR) is 53.3 cm³/mol. The Morgan fingerprint density at radius 2 is 2.27 bits per heavy atom. The third-order valence-electron chi connectivity index (χ3n) is 2.15. The van der Waals surface area contributed by atoms with E-state index in [1.54, 1.807) is 6.92 Å². The maximum atomic E-state index is 11.5. The molecule has 1 N–H and O–H groups in total. The molecule has 0 aliphatic carbocycles. The first-order valence-corrected chi connectivity index (χ1v) is 5.18. The Morgan fingerprint density at radius 3 is 2.80 bits per heavy atom. The van der Waals surface area contributed by atoms with Gasteiger partial charge in [-0.05, 0) is 19.3 Å². The zero-order valence-corrected chi connectivity index (χ0v) is 9.28. The summed E-state index contributed by atoms with van der Waals surface area (Å²) in [5.41, 5.74) is 0. The van der Waals surface area contributed by atoms with Gasteiger partial charge in [0.15, 0.2) is 6.04 Å². The molecule has 1 amide bonds. The van der Waals surface area contributed by atoms with Crippen LogP contribution in [0.5, 0.6) is 0 Å². The van der Waals surface area contributed by atoms with E-state index in [-0.39, 0.29) is 0 Å². The van der Waals surface area contributed by atoms with E-state index < -0.39 is 24.2 Å². The van der Waals surface area contributed by atoms with Crippen LogP contribution in [0.4, 0.5) is 4.79 Å². The summed E-state index contributed by atoms with van der Waals surface area (Å²) in [5.74, 6) is -0.0615. The van der Waals surface area contributed by atoms with Crippen LogP contribution in [-0.4, -0.2) is 30.8 Å².